The number of benzene rings is 1. The minimum Gasteiger partial charge on any atom is -0.268 e. The first kappa shape index (κ1) is 15.0. The van der Waals surface area contributed by atoms with E-state index < -0.39 is 5.69 Å². The molecule has 0 unspecified atom stereocenters. The zero-order valence-electron chi connectivity index (χ0n) is 13.2. The van der Waals surface area contributed by atoms with Gasteiger partial charge in [0.1, 0.15) is 0 Å². The number of nitrogens with zero attached hydrogens (tertiary/aromatic N) is 4. The summed E-state index contributed by atoms with van der Waals surface area (Å²) >= 11 is 0. The Labute approximate surface area is 142 Å². The van der Waals surface area contributed by atoms with Crippen molar-refractivity contribution in [2.45, 2.75) is 6.54 Å². The number of pyridine rings is 2. The molecule has 0 bridgehead atoms. The highest BCUT2D eigenvalue weighted by Gasteiger charge is 2.15. The third kappa shape index (κ3) is 2.63. The van der Waals surface area contributed by atoms with Gasteiger partial charge in [-0.05, 0) is 42.0 Å². The minimum atomic E-state index is -0.417. The lowest BCUT2D eigenvalue weighted by Gasteiger charge is -2.13. The van der Waals surface area contributed by atoms with Crippen molar-refractivity contribution < 1.29 is 0 Å². The van der Waals surface area contributed by atoms with Gasteiger partial charge in [-0.15, -0.1) is 0 Å². The van der Waals surface area contributed by atoms with Gasteiger partial charge in [0.25, 0.3) is 5.56 Å². The lowest BCUT2D eigenvalue weighted by molar-refractivity contribution is 0.682. The van der Waals surface area contributed by atoms with Gasteiger partial charge in [-0.25, -0.2) is 14.3 Å². The monoisotopic (exact) mass is 330 g/mol. The number of hydrogen-bond acceptors (Lipinski definition) is 4. The first-order chi connectivity index (χ1) is 12.3. The summed E-state index contributed by atoms with van der Waals surface area (Å²) in [5, 5.41) is 0.403. The minimum absolute atomic E-state index is 0.178. The highest BCUT2D eigenvalue weighted by Crippen LogP contribution is 2.11. The molecular weight excluding hydrogens is 316 g/mol. The Bertz CT molecular complexity index is 1150. The summed E-state index contributed by atoms with van der Waals surface area (Å²) in [4.78, 5) is 34.1. The van der Waals surface area contributed by atoms with Gasteiger partial charge < -0.3 is 0 Å². The number of para-hydroxylation sites is 1. The molecule has 3 heterocycles. The highest BCUT2D eigenvalue weighted by atomic mass is 16.2. The molecule has 4 aromatic rings. The van der Waals surface area contributed by atoms with Crippen molar-refractivity contribution in [3.05, 3.63) is 99.6 Å². The Balaban J connectivity index is 2.05. The Morgan fingerprint density at radius 2 is 1.60 bits per heavy atom. The van der Waals surface area contributed by atoms with Crippen LogP contribution >= 0.6 is 0 Å². The highest BCUT2D eigenvalue weighted by molar-refractivity contribution is 5.75. The SMILES string of the molecule is O=c1c2cccnc2n(-c2ccccc2)c(=O)n1Cc1ccncc1. The van der Waals surface area contributed by atoms with Crippen LogP contribution in [0.5, 0.6) is 0 Å². The Kier molecular flexibility index (Phi) is 3.70. The fraction of sp³-hybridized carbons (Fsp3) is 0.0526. The lowest BCUT2D eigenvalue weighted by atomic mass is 10.2. The third-order valence-electron chi connectivity index (χ3n) is 4.00. The van der Waals surface area contributed by atoms with E-state index in [1.165, 1.54) is 9.13 Å². The first-order valence-electron chi connectivity index (χ1n) is 7.80. The van der Waals surface area contributed by atoms with Crippen LogP contribution in [0.25, 0.3) is 16.7 Å². The van der Waals surface area contributed by atoms with Crippen molar-refractivity contribution in [1.29, 1.82) is 0 Å². The van der Waals surface area contributed by atoms with E-state index >= 15 is 0 Å². The summed E-state index contributed by atoms with van der Waals surface area (Å²) in [5.41, 5.74) is 1.09. The average molecular weight is 330 g/mol. The number of aromatic nitrogens is 4. The van der Waals surface area contributed by atoms with Crippen LogP contribution in [0.4, 0.5) is 0 Å². The summed E-state index contributed by atoms with van der Waals surface area (Å²) < 4.78 is 2.70. The van der Waals surface area contributed by atoms with Crippen LogP contribution in [0.15, 0.2) is 82.8 Å². The maximum absolute atomic E-state index is 13.1. The third-order valence-corrected chi connectivity index (χ3v) is 4.00. The van der Waals surface area contributed by atoms with Gasteiger partial charge in [0, 0.05) is 18.6 Å². The molecule has 0 spiro atoms. The van der Waals surface area contributed by atoms with Gasteiger partial charge in [0.15, 0.2) is 5.65 Å². The van der Waals surface area contributed by atoms with Gasteiger partial charge in [0.2, 0.25) is 0 Å². The molecule has 6 heteroatoms. The maximum atomic E-state index is 13.1. The van der Waals surface area contributed by atoms with Gasteiger partial charge in [0.05, 0.1) is 17.6 Å². The zero-order chi connectivity index (χ0) is 17.2. The fourth-order valence-corrected chi connectivity index (χ4v) is 2.81. The maximum Gasteiger partial charge on any atom is 0.337 e. The summed E-state index contributed by atoms with van der Waals surface area (Å²) in [6.45, 7) is 0.178. The van der Waals surface area contributed by atoms with Crippen LogP contribution in [0.2, 0.25) is 0 Å². The van der Waals surface area contributed by atoms with Gasteiger partial charge in [-0.3, -0.25) is 14.3 Å². The molecule has 0 fully saturated rings. The van der Waals surface area contributed by atoms with Gasteiger partial charge >= 0.3 is 5.69 Å². The molecule has 1 aromatic carbocycles. The summed E-state index contributed by atoms with van der Waals surface area (Å²) in [5.74, 6) is 0. The molecule has 4 rings (SSSR count). The molecule has 3 aromatic heterocycles. The largest absolute Gasteiger partial charge is 0.337 e. The second kappa shape index (κ2) is 6.16. The summed E-state index contributed by atoms with van der Waals surface area (Å²) in [7, 11) is 0. The fourth-order valence-electron chi connectivity index (χ4n) is 2.81. The van der Waals surface area contributed by atoms with E-state index in [4.69, 9.17) is 0 Å². The van der Waals surface area contributed by atoms with Gasteiger partial charge in [-0.2, -0.15) is 0 Å². The average Bonchev–Trinajstić information content (AvgIpc) is 2.67. The smallest absolute Gasteiger partial charge is 0.268 e. The molecule has 0 aliphatic heterocycles. The molecule has 0 amide bonds. The predicted octanol–water partition coefficient (Wildman–Crippen LogP) is 1.99. The molecule has 0 N–H and O–H groups in total. The van der Waals surface area contributed by atoms with Crippen molar-refractivity contribution >= 4 is 11.0 Å². The first-order valence-corrected chi connectivity index (χ1v) is 7.80. The van der Waals surface area contributed by atoms with Crippen LogP contribution in [-0.4, -0.2) is 19.1 Å². The molecule has 0 saturated heterocycles. The van der Waals surface area contributed by atoms with E-state index in [-0.39, 0.29) is 12.1 Å². The van der Waals surface area contributed by atoms with Crippen molar-refractivity contribution in [2.75, 3.05) is 0 Å². The summed E-state index contributed by atoms with van der Waals surface area (Å²) in [6, 6.07) is 16.1. The van der Waals surface area contributed by atoms with E-state index in [0.717, 1.165) is 5.56 Å². The molecule has 25 heavy (non-hydrogen) atoms. The standard InChI is InChI=1S/C19H14N4O2/c24-18-16-7-4-10-21-17(16)23(15-5-2-1-3-6-15)19(25)22(18)13-14-8-11-20-12-9-14/h1-12H,13H2. The molecule has 0 saturated carbocycles. The predicted molar refractivity (Wildman–Crippen MR) is 94.9 cm³/mol. The van der Waals surface area contributed by atoms with Crippen molar-refractivity contribution in [2.24, 2.45) is 0 Å². The lowest BCUT2D eigenvalue weighted by Crippen LogP contribution is -2.40. The van der Waals surface area contributed by atoms with E-state index in [0.29, 0.717) is 16.7 Å². The molecule has 0 aliphatic rings. The Hall–Kier alpha value is -3.54. The molecule has 0 atom stereocenters. The normalized spacial score (nSPS) is 10.9. The van der Waals surface area contributed by atoms with Crippen LogP contribution < -0.4 is 11.2 Å². The van der Waals surface area contributed by atoms with E-state index in [1.807, 2.05) is 30.3 Å². The van der Waals surface area contributed by atoms with Gasteiger partial charge in [-0.1, -0.05) is 18.2 Å². The van der Waals surface area contributed by atoms with E-state index in [1.54, 1.807) is 42.9 Å². The van der Waals surface area contributed by atoms with Crippen LogP contribution in [0, 0.1) is 0 Å². The summed E-state index contributed by atoms with van der Waals surface area (Å²) in [6.07, 6.45) is 4.85. The van der Waals surface area contributed by atoms with Crippen LogP contribution in [0.1, 0.15) is 5.56 Å². The zero-order valence-corrected chi connectivity index (χ0v) is 13.2. The van der Waals surface area contributed by atoms with Crippen molar-refractivity contribution in [1.82, 2.24) is 19.1 Å². The topological polar surface area (TPSA) is 69.8 Å². The second-order valence-electron chi connectivity index (χ2n) is 5.57. The van der Waals surface area contributed by atoms with E-state index in [2.05, 4.69) is 9.97 Å². The van der Waals surface area contributed by atoms with Crippen molar-refractivity contribution in [3.63, 3.8) is 0 Å². The molecule has 122 valence electrons. The molecule has 0 radical (unpaired) electrons. The van der Waals surface area contributed by atoms with Crippen LogP contribution in [0.3, 0.4) is 0 Å². The molecule has 6 nitrogen and oxygen atoms in total. The van der Waals surface area contributed by atoms with Crippen molar-refractivity contribution in [3.8, 4) is 5.69 Å². The van der Waals surface area contributed by atoms with Crippen LogP contribution in [-0.2, 0) is 6.54 Å². The quantitative estimate of drug-likeness (QED) is 0.576. The number of fused-ring (bicyclic) bond motifs is 1. The number of rotatable bonds is 3. The second-order valence-corrected chi connectivity index (χ2v) is 5.57. The Morgan fingerprint density at radius 3 is 2.36 bits per heavy atom. The Morgan fingerprint density at radius 1 is 0.840 bits per heavy atom. The van der Waals surface area contributed by atoms with E-state index in [9.17, 15) is 9.59 Å². The molecule has 0 aliphatic carbocycles. The number of hydrogen-bond donors (Lipinski definition) is 0. The molecular formula is C19H14N4O2.